The second kappa shape index (κ2) is 57.5. The van der Waals surface area contributed by atoms with E-state index in [2.05, 4.69) is 48.1 Å². The van der Waals surface area contributed by atoms with Gasteiger partial charge in [-0.05, 0) is 0 Å². The number of nitriles is 6. The monoisotopic (exact) mass is 452 g/mol. The third-order valence-corrected chi connectivity index (χ3v) is 0.766. The minimum atomic E-state index is -5.02. The third kappa shape index (κ3) is 241. The van der Waals surface area contributed by atoms with Crippen LogP contribution in [0.4, 0.5) is 0 Å². The Bertz CT molecular complexity index is 458. The Morgan fingerprint density at radius 1 is 0.542 bits per heavy atom. The summed E-state index contributed by atoms with van der Waals surface area (Å²) in [5.74, 6) is 0. The summed E-state index contributed by atoms with van der Waals surface area (Å²) in [7, 11) is -10.0. The van der Waals surface area contributed by atoms with Crippen molar-refractivity contribution in [1.82, 2.24) is 0 Å². The van der Waals surface area contributed by atoms with E-state index in [1.54, 1.807) is 0 Å². The summed E-state index contributed by atoms with van der Waals surface area (Å²) in [6, 6.07) is 0. The molecule has 0 atom stereocenters. The molecule has 132 valence electrons. The summed E-state index contributed by atoms with van der Waals surface area (Å²) in [5.41, 5.74) is 0. The van der Waals surface area contributed by atoms with Gasteiger partial charge in [-0.3, -0.25) is 9.11 Å². The fraction of sp³-hybridized carbons (Fsp3) is 0. The van der Waals surface area contributed by atoms with Crippen LogP contribution in [0.2, 0.25) is 0 Å². The molecule has 0 rings (SSSR count). The molecule has 0 aliphatic rings. The van der Waals surface area contributed by atoms with Crippen molar-refractivity contribution < 1.29 is 51.7 Å². The van der Waals surface area contributed by atoms with Gasteiger partial charge in [0.25, 0.3) is 0 Å². The number of hydrogen-bond acceptors (Lipinski definition) is 12. The van der Waals surface area contributed by atoms with Gasteiger partial charge in [0.2, 0.25) is 0 Å². The van der Waals surface area contributed by atoms with Crippen LogP contribution in [0.3, 0.4) is 0 Å². The van der Waals surface area contributed by atoms with Crippen LogP contribution in [0.25, 0.3) is 0 Å². The number of rotatable bonds is 3. The first-order valence-corrected chi connectivity index (χ1v) is 5.81. The van der Waals surface area contributed by atoms with Crippen molar-refractivity contribution in [3.8, 4) is 39.4 Å². The van der Waals surface area contributed by atoms with Crippen molar-refractivity contribution in [2.45, 2.75) is 0 Å². The molecule has 14 nitrogen and oxygen atoms in total. The fourth-order valence-electron chi connectivity index (χ4n) is 0.0702. The van der Waals surface area contributed by atoms with Gasteiger partial charge in [-0.2, -0.15) is 16.8 Å². The van der Waals surface area contributed by atoms with Crippen LogP contribution in [0.15, 0.2) is 0 Å². The Balaban J connectivity index is -0.0000000196. The van der Waals surface area contributed by atoms with Crippen LogP contribution in [0, 0.1) is 71.0 Å². The van der Waals surface area contributed by atoms with Crippen LogP contribution in [-0.2, 0) is 46.5 Å². The van der Waals surface area contributed by atoms with E-state index in [9.17, 15) is 16.8 Å². The SMILES string of the molecule is C#N.C#N.C#N.C#N.C#N.C#N.O=S(=O)(O)OOS(=O)(=O)O.[Fe].[KH]. The van der Waals surface area contributed by atoms with Crippen molar-refractivity contribution in [3.63, 3.8) is 0 Å². The molecule has 0 saturated heterocycles. The van der Waals surface area contributed by atoms with Gasteiger partial charge in [0.15, 0.2) is 0 Å². The standard InChI is InChI=1S/6CHN.Fe.K.H2O8S2.H/c6*1-2;;;1-9(2,3)7-8-10(4,5)6;/h6*1H;;;(H,1,2,3)(H,4,5,6);. The maximum absolute atomic E-state index is 9.51. The van der Waals surface area contributed by atoms with E-state index in [1.807, 2.05) is 0 Å². The Kier molecular flexibility index (Phi) is 136. The molecule has 0 fully saturated rings. The van der Waals surface area contributed by atoms with Crippen molar-refractivity contribution in [1.29, 1.82) is 31.6 Å². The first kappa shape index (κ1) is 56.9. The van der Waals surface area contributed by atoms with Crippen molar-refractivity contribution in [2.75, 3.05) is 0 Å². The first-order chi connectivity index (χ1) is 10.2. The van der Waals surface area contributed by atoms with Crippen LogP contribution in [0.1, 0.15) is 0 Å². The van der Waals surface area contributed by atoms with Gasteiger partial charge in [0.05, 0.1) is 0 Å². The van der Waals surface area contributed by atoms with E-state index in [0.717, 1.165) is 0 Å². The molecule has 0 amide bonds. The van der Waals surface area contributed by atoms with E-state index in [-0.39, 0.29) is 68.5 Å². The summed E-state index contributed by atoms with van der Waals surface area (Å²) >= 11 is 0. The molecule has 0 saturated carbocycles. The van der Waals surface area contributed by atoms with E-state index in [1.165, 1.54) is 0 Å². The van der Waals surface area contributed by atoms with Gasteiger partial charge in [-0.15, -0.1) is 0 Å². The molecule has 2 N–H and O–H groups in total. The van der Waals surface area contributed by atoms with Crippen LogP contribution < -0.4 is 0 Å². The van der Waals surface area contributed by atoms with E-state index >= 15 is 0 Å². The summed E-state index contributed by atoms with van der Waals surface area (Å²) in [5, 5.41) is 39.0. The van der Waals surface area contributed by atoms with Crippen molar-refractivity contribution in [3.05, 3.63) is 0 Å². The molecule has 0 aliphatic carbocycles. The van der Waals surface area contributed by atoms with Crippen LogP contribution in [-0.4, -0.2) is 77.3 Å². The molecular weight excluding hydrogens is 443 g/mol. The molecule has 0 aromatic rings. The molecule has 0 bridgehead atoms. The molecule has 0 spiro atoms. The third-order valence-electron chi connectivity index (χ3n) is 0.200. The summed E-state index contributed by atoms with van der Waals surface area (Å²) < 4.78 is 58.9. The van der Waals surface area contributed by atoms with Gasteiger partial charge in [-0.1, -0.05) is 8.67 Å². The van der Waals surface area contributed by atoms with Crippen molar-refractivity contribution >= 4 is 72.2 Å². The van der Waals surface area contributed by atoms with Crippen molar-refractivity contribution in [2.24, 2.45) is 0 Å². The van der Waals surface area contributed by atoms with Gasteiger partial charge in [0.1, 0.15) is 0 Å². The van der Waals surface area contributed by atoms with Crippen LogP contribution in [0.5, 0.6) is 0 Å². The number of hydrogen-bond donors (Lipinski definition) is 2. The average Bonchev–Trinajstić information content (AvgIpc) is 2.56. The zero-order valence-electron chi connectivity index (χ0n) is 10.7. The van der Waals surface area contributed by atoms with E-state index < -0.39 is 20.8 Å². The molecule has 18 heteroatoms. The fourth-order valence-corrected chi connectivity index (χ4v) is 0.632. The minimum absolute atomic E-state index is 0. The van der Waals surface area contributed by atoms with Gasteiger partial charge < -0.3 is 0 Å². The zero-order chi connectivity index (χ0) is 20.4. The average molecular weight is 452 g/mol. The second-order valence-electron chi connectivity index (χ2n) is 0.992. The summed E-state index contributed by atoms with van der Waals surface area (Å²) in [6.45, 7) is 21.0. The predicted molar refractivity (Wildman–Crippen MR) is 72.4 cm³/mol. The molecule has 0 aliphatic heterocycles. The Morgan fingerprint density at radius 3 is 0.667 bits per heavy atom. The quantitative estimate of drug-likeness (QED) is 0.219. The van der Waals surface area contributed by atoms with Crippen LogP contribution >= 0.6 is 0 Å². The Labute approximate surface area is 192 Å². The molecule has 0 aromatic heterocycles. The topological polar surface area (TPSA) is 270 Å². The van der Waals surface area contributed by atoms with Gasteiger partial charge in [-0.25, -0.2) is 31.6 Å². The maximum atomic E-state index is 9.51. The Morgan fingerprint density at radius 2 is 0.625 bits per heavy atom. The molecule has 24 heavy (non-hydrogen) atoms. The second-order valence-corrected chi connectivity index (χ2v) is 2.97. The predicted octanol–water partition coefficient (Wildman–Crippen LogP) is -1.27. The summed E-state index contributed by atoms with van der Waals surface area (Å²) in [6.07, 6.45) is 0. The zero-order valence-corrected chi connectivity index (χ0v) is 13.4. The van der Waals surface area contributed by atoms with Gasteiger partial charge >= 0.3 is 72.2 Å². The Hall–Kier alpha value is -1.16. The van der Waals surface area contributed by atoms with Gasteiger partial charge in [0, 0.05) is 56.5 Å². The summed E-state index contributed by atoms with van der Waals surface area (Å²) in [4.78, 5) is 0. The molecule has 0 radical (unpaired) electrons. The first-order valence-electron chi connectivity index (χ1n) is 3.08. The van der Waals surface area contributed by atoms with E-state index in [4.69, 9.17) is 40.7 Å². The number of nitrogens with zero attached hydrogens (tertiary/aromatic N) is 6. The molecular formula is C6H9FeKN6O8S2. The normalized spacial score (nSPS) is 6.08. The molecule has 0 unspecified atom stereocenters. The molecule has 0 heterocycles. The van der Waals surface area contributed by atoms with E-state index in [0.29, 0.717) is 0 Å². The molecule has 0 aromatic carbocycles.